The van der Waals surface area contributed by atoms with Crippen LogP contribution in [0.2, 0.25) is 0 Å². The minimum absolute atomic E-state index is 0.0672. The molecule has 0 bridgehead atoms. The van der Waals surface area contributed by atoms with Crippen molar-refractivity contribution in [3.63, 3.8) is 0 Å². The van der Waals surface area contributed by atoms with Crippen LogP contribution in [0.3, 0.4) is 0 Å². The van der Waals surface area contributed by atoms with Crippen LogP contribution < -0.4 is 5.32 Å². The molecule has 3 rings (SSSR count). The number of amides is 2. The molecule has 0 aromatic carbocycles. The van der Waals surface area contributed by atoms with Gasteiger partial charge < -0.3 is 10.2 Å². The molecule has 2 heterocycles. The van der Waals surface area contributed by atoms with Gasteiger partial charge in [-0.25, -0.2) is 0 Å². The monoisotopic (exact) mass is 338 g/mol. The highest BCUT2D eigenvalue weighted by atomic mass is 32.2. The number of hydrogen-bond acceptors (Lipinski definition) is 3. The van der Waals surface area contributed by atoms with Crippen molar-refractivity contribution in [2.24, 2.45) is 11.3 Å². The third-order valence-corrected chi connectivity index (χ3v) is 7.46. The molecule has 2 aliphatic heterocycles. The Morgan fingerprint density at radius 3 is 2.70 bits per heavy atom. The van der Waals surface area contributed by atoms with Crippen LogP contribution in [0.15, 0.2) is 0 Å². The zero-order chi connectivity index (χ0) is 16.8. The molecule has 130 valence electrons. The van der Waals surface area contributed by atoms with Crippen LogP contribution in [0.1, 0.15) is 66.2 Å². The Labute approximate surface area is 144 Å². The summed E-state index contributed by atoms with van der Waals surface area (Å²) in [7, 11) is 0. The largest absolute Gasteiger partial charge is 0.351 e. The predicted octanol–water partition coefficient (Wildman–Crippen LogP) is 3.16. The number of carbonyl (C=O) groups excluding carboxylic acids is 2. The second kappa shape index (κ2) is 5.98. The first-order chi connectivity index (χ1) is 10.7. The maximum atomic E-state index is 12.9. The highest BCUT2D eigenvalue weighted by Crippen LogP contribution is 2.47. The van der Waals surface area contributed by atoms with Gasteiger partial charge in [0.1, 0.15) is 6.04 Å². The first kappa shape index (κ1) is 17.1. The first-order valence-corrected chi connectivity index (χ1v) is 9.97. The molecule has 4 atom stereocenters. The minimum atomic E-state index is -0.275. The van der Waals surface area contributed by atoms with Crippen LogP contribution >= 0.6 is 11.8 Å². The molecule has 2 amide bonds. The van der Waals surface area contributed by atoms with Crippen molar-refractivity contribution in [2.75, 3.05) is 5.75 Å². The average molecular weight is 339 g/mol. The summed E-state index contributed by atoms with van der Waals surface area (Å²) < 4.78 is 0. The molecule has 4 nitrogen and oxygen atoms in total. The maximum Gasteiger partial charge on any atom is 0.243 e. The number of thioether (sulfide) groups is 1. The number of fused-ring (bicyclic) bond motifs is 1. The Balaban J connectivity index is 1.70. The number of nitrogens with one attached hydrogen (secondary N) is 1. The topological polar surface area (TPSA) is 49.4 Å². The molecule has 23 heavy (non-hydrogen) atoms. The SMILES string of the molecule is CC(C)(C)C1CCCCC1NC(=O)C1CSC2(C)CCC(=O)N12. The molecule has 0 spiro atoms. The van der Waals surface area contributed by atoms with E-state index < -0.39 is 0 Å². The molecular weight excluding hydrogens is 308 g/mol. The highest BCUT2D eigenvalue weighted by Gasteiger charge is 2.53. The molecule has 4 unspecified atom stereocenters. The molecule has 1 saturated carbocycles. The van der Waals surface area contributed by atoms with Crippen molar-refractivity contribution in [1.29, 1.82) is 0 Å². The van der Waals surface area contributed by atoms with Crippen LogP contribution in [-0.4, -0.2) is 39.4 Å². The van der Waals surface area contributed by atoms with Gasteiger partial charge in [-0.05, 0) is 37.5 Å². The summed E-state index contributed by atoms with van der Waals surface area (Å²) >= 11 is 1.77. The lowest BCUT2D eigenvalue weighted by molar-refractivity contribution is -0.138. The third kappa shape index (κ3) is 3.13. The summed E-state index contributed by atoms with van der Waals surface area (Å²) in [4.78, 5) is 26.8. The summed E-state index contributed by atoms with van der Waals surface area (Å²) in [6, 6.07) is -0.0200. The van der Waals surface area contributed by atoms with Crippen LogP contribution in [0.25, 0.3) is 0 Å². The van der Waals surface area contributed by atoms with Crippen molar-refractivity contribution in [3.8, 4) is 0 Å². The van der Waals surface area contributed by atoms with Crippen LogP contribution in [0, 0.1) is 11.3 Å². The van der Waals surface area contributed by atoms with E-state index in [2.05, 4.69) is 33.0 Å². The zero-order valence-electron chi connectivity index (χ0n) is 14.9. The van der Waals surface area contributed by atoms with Gasteiger partial charge in [-0.1, -0.05) is 33.6 Å². The van der Waals surface area contributed by atoms with Gasteiger partial charge in [0.25, 0.3) is 0 Å². The third-order valence-electron chi connectivity index (χ3n) is 5.95. The van der Waals surface area contributed by atoms with Gasteiger partial charge in [-0.15, -0.1) is 11.8 Å². The lowest BCUT2D eigenvalue weighted by Gasteiger charge is -2.41. The summed E-state index contributed by atoms with van der Waals surface area (Å²) in [5, 5.41) is 3.32. The van der Waals surface area contributed by atoms with Gasteiger partial charge in [0, 0.05) is 18.2 Å². The molecule has 3 aliphatic rings. The lowest BCUT2D eigenvalue weighted by Crippen LogP contribution is -2.55. The molecule has 0 aromatic heterocycles. The molecule has 0 aromatic rings. The van der Waals surface area contributed by atoms with E-state index in [1.807, 2.05) is 4.90 Å². The molecule has 2 saturated heterocycles. The van der Waals surface area contributed by atoms with Crippen LogP contribution in [-0.2, 0) is 9.59 Å². The fraction of sp³-hybridized carbons (Fsp3) is 0.889. The molecule has 1 N–H and O–H groups in total. The summed E-state index contributed by atoms with van der Waals surface area (Å²) in [5.74, 6) is 1.47. The van der Waals surface area contributed by atoms with E-state index in [9.17, 15) is 9.59 Å². The quantitative estimate of drug-likeness (QED) is 0.841. The smallest absolute Gasteiger partial charge is 0.243 e. The Morgan fingerprint density at radius 2 is 2.00 bits per heavy atom. The predicted molar refractivity (Wildman–Crippen MR) is 94.1 cm³/mol. The standard InChI is InChI=1S/C18H30N2O2S/c1-17(2,3)12-7-5-6-8-13(12)19-16(22)14-11-23-18(4)10-9-15(21)20(14)18/h12-14H,5-11H2,1-4H3,(H,19,22). The fourth-order valence-electron chi connectivity index (χ4n) is 4.63. The second-order valence-corrected chi connectivity index (χ2v) is 10.1. The van der Waals surface area contributed by atoms with E-state index in [-0.39, 0.29) is 34.2 Å². The Kier molecular flexibility index (Phi) is 4.45. The van der Waals surface area contributed by atoms with Gasteiger partial charge in [-0.3, -0.25) is 9.59 Å². The Bertz CT molecular complexity index is 502. The normalized spacial score (nSPS) is 37.8. The van der Waals surface area contributed by atoms with Crippen molar-refractivity contribution in [2.45, 2.75) is 83.2 Å². The molecular formula is C18H30N2O2S. The van der Waals surface area contributed by atoms with Gasteiger partial charge >= 0.3 is 0 Å². The second-order valence-electron chi connectivity index (χ2n) is 8.64. The van der Waals surface area contributed by atoms with Crippen LogP contribution in [0.5, 0.6) is 0 Å². The zero-order valence-corrected chi connectivity index (χ0v) is 15.7. The highest BCUT2D eigenvalue weighted by molar-refractivity contribution is 8.01. The number of hydrogen-bond donors (Lipinski definition) is 1. The Hall–Kier alpha value is -0.710. The van der Waals surface area contributed by atoms with Crippen molar-refractivity contribution < 1.29 is 9.59 Å². The number of nitrogens with zero attached hydrogens (tertiary/aromatic N) is 1. The summed E-state index contributed by atoms with van der Waals surface area (Å²) in [6.45, 7) is 8.92. The molecule has 3 fully saturated rings. The van der Waals surface area contributed by atoms with E-state index in [1.165, 1.54) is 19.3 Å². The van der Waals surface area contributed by atoms with Gasteiger partial charge in [0.2, 0.25) is 11.8 Å². The van der Waals surface area contributed by atoms with Gasteiger partial charge in [-0.2, -0.15) is 0 Å². The molecule has 5 heteroatoms. The van der Waals surface area contributed by atoms with Gasteiger partial charge in [0.15, 0.2) is 0 Å². The van der Waals surface area contributed by atoms with Crippen LogP contribution in [0.4, 0.5) is 0 Å². The van der Waals surface area contributed by atoms with Gasteiger partial charge in [0.05, 0.1) is 4.87 Å². The summed E-state index contributed by atoms with van der Waals surface area (Å²) in [5.41, 5.74) is 0.209. The van der Waals surface area contributed by atoms with E-state index >= 15 is 0 Å². The average Bonchev–Trinajstić information content (AvgIpc) is 2.95. The van der Waals surface area contributed by atoms with Crippen molar-refractivity contribution >= 4 is 23.6 Å². The number of rotatable bonds is 2. The molecule has 0 radical (unpaired) electrons. The fourth-order valence-corrected chi connectivity index (χ4v) is 6.07. The van der Waals surface area contributed by atoms with Crippen molar-refractivity contribution in [1.82, 2.24) is 10.2 Å². The maximum absolute atomic E-state index is 12.9. The van der Waals surface area contributed by atoms with E-state index in [0.717, 1.165) is 18.6 Å². The minimum Gasteiger partial charge on any atom is -0.351 e. The lowest BCUT2D eigenvalue weighted by atomic mass is 9.69. The molecule has 1 aliphatic carbocycles. The van der Waals surface area contributed by atoms with E-state index in [1.54, 1.807) is 11.8 Å². The Morgan fingerprint density at radius 1 is 1.30 bits per heavy atom. The van der Waals surface area contributed by atoms with E-state index in [0.29, 0.717) is 12.3 Å². The number of carbonyl (C=O) groups is 2. The summed E-state index contributed by atoms with van der Waals surface area (Å²) in [6.07, 6.45) is 6.16. The first-order valence-electron chi connectivity index (χ1n) is 8.99. The van der Waals surface area contributed by atoms with E-state index in [4.69, 9.17) is 0 Å². The van der Waals surface area contributed by atoms with Crippen molar-refractivity contribution in [3.05, 3.63) is 0 Å².